The van der Waals surface area contributed by atoms with Gasteiger partial charge >= 0.3 is 0 Å². The van der Waals surface area contributed by atoms with E-state index in [1.54, 1.807) is 0 Å². The van der Waals surface area contributed by atoms with Crippen LogP contribution in [-0.4, -0.2) is 30.7 Å². The van der Waals surface area contributed by atoms with E-state index < -0.39 is 0 Å². The van der Waals surface area contributed by atoms with Crippen LogP contribution in [0.2, 0.25) is 0 Å². The van der Waals surface area contributed by atoms with E-state index in [1.165, 1.54) is 82.0 Å². The molecule has 0 unspecified atom stereocenters. The van der Waals surface area contributed by atoms with Crippen molar-refractivity contribution in [2.24, 2.45) is 0 Å². The van der Waals surface area contributed by atoms with Gasteiger partial charge in [0.05, 0.1) is 26.2 Å². The minimum Gasteiger partial charge on any atom is -1.00 e. The molecule has 0 heterocycles. The van der Waals surface area contributed by atoms with Gasteiger partial charge in [0.15, 0.2) is 0 Å². The Bertz CT molecular complexity index is 125. The Morgan fingerprint density at radius 1 is 0.474 bits per heavy atom. The van der Waals surface area contributed by atoms with Crippen LogP contribution in [0, 0.1) is 0 Å². The first-order valence-corrected chi connectivity index (χ1v) is 8.09. The lowest BCUT2D eigenvalue weighted by Crippen LogP contribution is -3.00. The molecule has 0 amide bonds. The molecule has 0 atom stereocenters. The van der Waals surface area contributed by atoms with E-state index in [4.69, 9.17) is 0 Å². The monoisotopic (exact) mass is 280 g/mol. The van der Waals surface area contributed by atoms with E-state index in [2.05, 4.69) is 27.7 Å². The van der Waals surface area contributed by atoms with E-state index in [0.717, 1.165) is 0 Å². The van der Waals surface area contributed by atoms with Crippen molar-refractivity contribution < 1.29 is 13.9 Å². The van der Waals surface area contributed by atoms with Crippen LogP contribution in [0.5, 0.6) is 0 Å². The van der Waals surface area contributed by atoms with Crippen molar-refractivity contribution in [2.45, 2.75) is 79.1 Å². The van der Waals surface area contributed by atoms with E-state index >= 15 is 0 Å². The van der Waals surface area contributed by atoms with Crippen LogP contribution in [0.3, 0.4) is 0 Å². The third-order valence-corrected chi connectivity index (χ3v) is 3.94. The van der Waals surface area contributed by atoms with Crippen molar-refractivity contribution in [1.82, 2.24) is 0 Å². The zero-order chi connectivity index (χ0) is 13.0. The predicted molar refractivity (Wildman–Crippen MR) is 79.4 cm³/mol. The molecule has 0 aliphatic rings. The Labute approximate surface area is 120 Å². The molecule has 0 N–H and O–H groups in total. The van der Waals surface area contributed by atoms with Crippen molar-refractivity contribution in [1.29, 1.82) is 0 Å². The largest absolute Gasteiger partial charge is 1.00 e. The molecule has 1 nitrogen and oxygen atoms in total. The quantitative estimate of drug-likeness (QED) is 0.403. The summed E-state index contributed by atoms with van der Waals surface area (Å²) in [7, 11) is 0. The molecule has 0 spiro atoms. The molecule has 0 aromatic heterocycles. The minimum absolute atomic E-state index is 0. The fraction of sp³-hybridized carbons (Fsp3) is 1.00. The zero-order valence-corrected chi connectivity index (χ0v) is 13.7. The lowest BCUT2D eigenvalue weighted by molar-refractivity contribution is -0.929. The molecule has 0 aromatic carbocycles. The van der Waals surface area contributed by atoms with Crippen molar-refractivity contribution in [3.8, 4) is 0 Å². The standard InChI is InChI=1S/C16H36N.2FH/c1-5-9-13-17(14-10-6-2,15-11-7-3)16-12-8-4;;/h5-16H2,1-4H3;2*1H/q+1;;/p-2. The van der Waals surface area contributed by atoms with Crippen molar-refractivity contribution in [2.75, 3.05) is 26.2 Å². The number of hydrogen-bond donors (Lipinski definition) is 0. The Balaban J connectivity index is -0.00000128. The number of quaternary nitrogens is 1. The summed E-state index contributed by atoms with van der Waals surface area (Å²) in [6.07, 6.45) is 11.1. The first kappa shape index (κ1) is 23.9. The number of hydrogen-bond acceptors (Lipinski definition) is 0. The maximum absolute atomic E-state index is 2.33. The highest BCUT2D eigenvalue weighted by atomic mass is 19.0. The molecule has 0 saturated carbocycles. The highest BCUT2D eigenvalue weighted by Gasteiger charge is 2.24. The second-order valence-corrected chi connectivity index (χ2v) is 5.65. The molecule has 3 heteroatoms. The van der Waals surface area contributed by atoms with Crippen LogP contribution in [0.4, 0.5) is 0 Å². The van der Waals surface area contributed by atoms with Crippen LogP contribution in [0.25, 0.3) is 0 Å². The molecule has 0 aliphatic carbocycles. The van der Waals surface area contributed by atoms with Gasteiger partial charge in [-0.15, -0.1) is 0 Å². The summed E-state index contributed by atoms with van der Waals surface area (Å²) in [6.45, 7) is 15.0. The molecule has 0 rings (SSSR count). The molecule has 19 heavy (non-hydrogen) atoms. The predicted octanol–water partition coefficient (Wildman–Crippen LogP) is -0.988. The summed E-state index contributed by atoms with van der Waals surface area (Å²) in [5.74, 6) is 0. The van der Waals surface area contributed by atoms with Gasteiger partial charge in [0, 0.05) is 0 Å². The Kier molecular flexibility index (Phi) is 20.0. The maximum Gasteiger partial charge on any atom is 0.0786 e. The van der Waals surface area contributed by atoms with Crippen LogP contribution in [-0.2, 0) is 0 Å². The normalized spacial score (nSPS) is 10.7. The summed E-state index contributed by atoms with van der Waals surface area (Å²) in [5, 5.41) is 0. The Morgan fingerprint density at radius 2 is 0.684 bits per heavy atom. The summed E-state index contributed by atoms with van der Waals surface area (Å²) in [4.78, 5) is 0. The molecular weight excluding hydrogens is 244 g/mol. The van der Waals surface area contributed by atoms with Crippen molar-refractivity contribution >= 4 is 0 Å². The molecule has 0 radical (unpaired) electrons. The first-order chi connectivity index (χ1) is 8.24. The summed E-state index contributed by atoms with van der Waals surface area (Å²) < 4.78 is 1.42. The maximum atomic E-state index is 2.33. The van der Waals surface area contributed by atoms with Gasteiger partial charge in [-0.05, 0) is 25.7 Å². The second-order valence-electron chi connectivity index (χ2n) is 5.65. The summed E-state index contributed by atoms with van der Waals surface area (Å²) in [5.41, 5.74) is 0. The van der Waals surface area contributed by atoms with Gasteiger partial charge in [-0.25, -0.2) is 0 Å². The van der Waals surface area contributed by atoms with Crippen LogP contribution in [0.15, 0.2) is 0 Å². The van der Waals surface area contributed by atoms with Gasteiger partial charge in [-0.2, -0.15) is 0 Å². The molecular formula is C16H36F2N-. The molecule has 0 fully saturated rings. The summed E-state index contributed by atoms with van der Waals surface area (Å²) in [6, 6.07) is 0. The number of nitrogens with zero attached hydrogens (tertiary/aromatic N) is 1. The second kappa shape index (κ2) is 15.9. The van der Waals surface area contributed by atoms with Crippen molar-refractivity contribution in [3.05, 3.63) is 0 Å². The van der Waals surface area contributed by atoms with E-state index in [-0.39, 0.29) is 9.41 Å². The van der Waals surface area contributed by atoms with E-state index in [9.17, 15) is 0 Å². The van der Waals surface area contributed by atoms with Gasteiger partial charge in [0.1, 0.15) is 0 Å². The number of unbranched alkanes of at least 4 members (excludes halogenated alkanes) is 4. The van der Waals surface area contributed by atoms with Gasteiger partial charge in [-0.3, -0.25) is 0 Å². The van der Waals surface area contributed by atoms with Crippen molar-refractivity contribution in [3.63, 3.8) is 0 Å². The molecule has 0 aliphatic heterocycles. The average Bonchev–Trinajstić information content (AvgIpc) is 2.37. The molecule has 0 saturated heterocycles. The third kappa shape index (κ3) is 11.4. The van der Waals surface area contributed by atoms with E-state index in [0.29, 0.717) is 0 Å². The van der Waals surface area contributed by atoms with Gasteiger partial charge in [0.2, 0.25) is 0 Å². The minimum atomic E-state index is 0. The molecule has 120 valence electrons. The smallest absolute Gasteiger partial charge is 0.0786 e. The zero-order valence-electron chi connectivity index (χ0n) is 13.7. The van der Waals surface area contributed by atoms with Gasteiger partial charge < -0.3 is 13.9 Å². The number of halogens is 2. The van der Waals surface area contributed by atoms with Crippen LogP contribution < -0.4 is 9.41 Å². The molecule has 0 bridgehead atoms. The fourth-order valence-corrected chi connectivity index (χ4v) is 2.64. The molecule has 0 aromatic rings. The van der Waals surface area contributed by atoms with E-state index in [1.807, 2.05) is 0 Å². The number of rotatable bonds is 12. The van der Waals surface area contributed by atoms with Crippen LogP contribution in [0.1, 0.15) is 79.1 Å². The van der Waals surface area contributed by atoms with Gasteiger partial charge in [0.25, 0.3) is 0 Å². The third-order valence-electron chi connectivity index (χ3n) is 3.94. The Morgan fingerprint density at radius 3 is 0.842 bits per heavy atom. The van der Waals surface area contributed by atoms with Crippen LogP contribution >= 0.6 is 0 Å². The highest BCUT2D eigenvalue weighted by Crippen LogP contribution is 2.16. The topological polar surface area (TPSA) is 0 Å². The fourth-order valence-electron chi connectivity index (χ4n) is 2.64. The average molecular weight is 280 g/mol. The summed E-state index contributed by atoms with van der Waals surface area (Å²) >= 11 is 0. The Hall–Kier alpha value is -0.180. The highest BCUT2D eigenvalue weighted by molar-refractivity contribution is 4.49. The lowest BCUT2D eigenvalue weighted by Gasteiger charge is -2.39. The first-order valence-electron chi connectivity index (χ1n) is 8.09. The SMILES string of the molecule is CCCC[N+](CCCC)(CCCC)CCCC.[F-].[F-]. The lowest BCUT2D eigenvalue weighted by atomic mass is 10.1. The van der Waals surface area contributed by atoms with Gasteiger partial charge in [-0.1, -0.05) is 53.4 Å².